The van der Waals surface area contributed by atoms with Crippen LogP contribution in [-0.4, -0.2) is 17.1 Å². The molecule has 1 aromatic heterocycles. The van der Waals surface area contributed by atoms with E-state index in [1.54, 1.807) is 18.4 Å². The number of hydrogen-bond donors (Lipinski definition) is 0. The van der Waals surface area contributed by atoms with E-state index in [1.165, 1.54) is 12.1 Å². The van der Waals surface area contributed by atoms with E-state index in [0.29, 0.717) is 24.4 Å². The summed E-state index contributed by atoms with van der Waals surface area (Å²) < 4.78 is 6.53. The molecule has 1 aromatic rings. The lowest BCUT2D eigenvalue weighted by Gasteiger charge is -2.12. The van der Waals surface area contributed by atoms with Crippen LogP contribution < -0.4 is 5.56 Å². The van der Waals surface area contributed by atoms with Crippen molar-refractivity contribution in [2.75, 3.05) is 6.61 Å². The third-order valence-corrected chi connectivity index (χ3v) is 2.40. The fourth-order valence-electron chi connectivity index (χ4n) is 1.60. The van der Waals surface area contributed by atoms with Gasteiger partial charge in [0, 0.05) is 18.3 Å². The first-order chi connectivity index (χ1) is 7.61. The van der Waals surface area contributed by atoms with E-state index >= 15 is 0 Å². The van der Waals surface area contributed by atoms with Crippen molar-refractivity contribution in [2.45, 2.75) is 33.7 Å². The maximum atomic E-state index is 11.6. The van der Waals surface area contributed by atoms with Crippen LogP contribution in [0.2, 0.25) is 0 Å². The Labute approximate surface area is 94.9 Å². The summed E-state index contributed by atoms with van der Waals surface area (Å²) in [4.78, 5) is 23.2. The normalized spacial score (nSPS) is 10.2. The molecule has 1 heterocycles. The van der Waals surface area contributed by atoms with Gasteiger partial charge in [-0.2, -0.15) is 0 Å². The molecule has 0 aliphatic rings. The maximum Gasteiger partial charge on any atom is 0.339 e. The highest BCUT2D eigenvalue weighted by Crippen LogP contribution is 2.07. The number of aromatic nitrogens is 1. The van der Waals surface area contributed by atoms with Crippen molar-refractivity contribution in [2.24, 2.45) is 0 Å². The molecule has 0 spiro atoms. The Morgan fingerprint density at radius 2 is 2.06 bits per heavy atom. The summed E-state index contributed by atoms with van der Waals surface area (Å²) in [6.07, 6.45) is 0.854. The summed E-state index contributed by atoms with van der Waals surface area (Å²) in [5.74, 6) is -0.371. The number of carbonyl (C=O) groups excluding carboxylic acids is 1. The second kappa shape index (κ2) is 5.49. The number of ether oxygens (including phenoxy) is 1. The molecular formula is C12H17NO3. The summed E-state index contributed by atoms with van der Waals surface area (Å²) in [6, 6.07) is 2.94. The molecule has 0 bridgehead atoms. The number of hydrogen-bond acceptors (Lipinski definition) is 3. The molecule has 16 heavy (non-hydrogen) atoms. The Morgan fingerprint density at radius 1 is 1.38 bits per heavy atom. The van der Waals surface area contributed by atoms with Gasteiger partial charge in [-0.25, -0.2) is 4.79 Å². The van der Waals surface area contributed by atoms with Gasteiger partial charge in [-0.05, 0) is 26.3 Å². The first-order valence-electron chi connectivity index (χ1n) is 5.49. The summed E-state index contributed by atoms with van der Waals surface area (Å²) in [5, 5.41) is 0. The smallest absolute Gasteiger partial charge is 0.339 e. The van der Waals surface area contributed by atoms with Crippen molar-refractivity contribution in [3.05, 3.63) is 33.7 Å². The second-order valence-electron chi connectivity index (χ2n) is 3.54. The molecule has 0 N–H and O–H groups in total. The average Bonchev–Trinajstić information content (AvgIpc) is 2.24. The van der Waals surface area contributed by atoms with Crippen molar-refractivity contribution < 1.29 is 9.53 Å². The zero-order valence-electron chi connectivity index (χ0n) is 9.95. The van der Waals surface area contributed by atoms with Gasteiger partial charge in [-0.3, -0.25) is 4.79 Å². The molecule has 4 heteroatoms. The minimum atomic E-state index is -0.371. The van der Waals surface area contributed by atoms with Gasteiger partial charge < -0.3 is 9.30 Å². The highest BCUT2D eigenvalue weighted by molar-refractivity contribution is 5.90. The third kappa shape index (κ3) is 2.51. The van der Waals surface area contributed by atoms with Crippen molar-refractivity contribution in [1.29, 1.82) is 0 Å². The molecule has 0 unspecified atom stereocenters. The number of rotatable bonds is 4. The molecule has 0 aromatic carbocycles. The van der Waals surface area contributed by atoms with Crippen molar-refractivity contribution in [3.8, 4) is 0 Å². The SMILES string of the molecule is CCCn1c(C)c(C(=O)OCC)ccc1=O. The Bertz CT molecular complexity index is 434. The van der Waals surface area contributed by atoms with Crippen LogP contribution in [0.25, 0.3) is 0 Å². The van der Waals surface area contributed by atoms with E-state index in [-0.39, 0.29) is 11.5 Å². The predicted octanol–water partition coefficient (Wildman–Crippen LogP) is 1.74. The molecular weight excluding hydrogens is 206 g/mol. The van der Waals surface area contributed by atoms with Gasteiger partial charge >= 0.3 is 5.97 Å². The van der Waals surface area contributed by atoms with Crippen LogP contribution in [0.4, 0.5) is 0 Å². The summed E-state index contributed by atoms with van der Waals surface area (Å²) in [6.45, 7) is 6.48. The van der Waals surface area contributed by atoms with Crippen LogP contribution >= 0.6 is 0 Å². The number of pyridine rings is 1. The third-order valence-electron chi connectivity index (χ3n) is 2.40. The fourth-order valence-corrected chi connectivity index (χ4v) is 1.60. The molecule has 0 aliphatic carbocycles. The van der Waals surface area contributed by atoms with E-state index in [4.69, 9.17) is 4.74 Å². The number of esters is 1. The molecule has 88 valence electrons. The lowest BCUT2D eigenvalue weighted by molar-refractivity contribution is 0.0524. The van der Waals surface area contributed by atoms with Gasteiger partial charge in [0.1, 0.15) is 0 Å². The van der Waals surface area contributed by atoms with Gasteiger partial charge in [-0.15, -0.1) is 0 Å². The van der Waals surface area contributed by atoms with E-state index in [0.717, 1.165) is 6.42 Å². The fraction of sp³-hybridized carbons (Fsp3) is 0.500. The Balaban J connectivity index is 3.18. The van der Waals surface area contributed by atoms with Gasteiger partial charge in [0.25, 0.3) is 5.56 Å². The second-order valence-corrected chi connectivity index (χ2v) is 3.54. The van der Waals surface area contributed by atoms with Gasteiger partial charge in [-0.1, -0.05) is 6.92 Å². The summed E-state index contributed by atoms with van der Waals surface area (Å²) in [5.41, 5.74) is 1.06. The largest absolute Gasteiger partial charge is 0.462 e. The van der Waals surface area contributed by atoms with Crippen LogP contribution in [0.5, 0.6) is 0 Å². The van der Waals surface area contributed by atoms with Gasteiger partial charge in [0.05, 0.1) is 12.2 Å². The first-order valence-corrected chi connectivity index (χ1v) is 5.49. The van der Waals surface area contributed by atoms with E-state index < -0.39 is 0 Å². The quantitative estimate of drug-likeness (QED) is 0.730. The van der Waals surface area contributed by atoms with Crippen molar-refractivity contribution in [1.82, 2.24) is 4.57 Å². The van der Waals surface area contributed by atoms with Crippen molar-refractivity contribution >= 4 is 5.97 Å². The Morgan fingerprint density at radius 3 is 2.62 bits per heavy atom. The average molecular weight is 223 g/mol. The minimum Gasteiger partial charge on any atom is -0.462 e. The highest BCUT2D eigenvalue weighted by atomic mass is 16.5. The minimum absolute atomic E-state index is 0.0765. The molecule has 1 rings (SSSR count). The van der Waals surface area contributed by atoms with Crippen molar-refractivity contribution in [3.63, 3.8) is 0 Å². The van der Waals surface area contributed by atoms with E-state index in [2.05, 4.69) is 0 Å². The van der Waals surface area contributed by atoms with Crippen LogP contribution in [0.3, 0.4) is 0 Å². The maximum absolute atomic E-state index is 11.6. The zero-order chi connectivity index (χ0) is 12.1. The molecule has 0 saturated heterocycles. The molecule has 0 atom stereocenters. The van der Waals surface area contributed by atoms with Gasteiger partial charge in [0.2, 0.25) is 0 Å². The molecule has 0 saturated carbocycles. The number of nitrogens with zero attached hydrogens (tertiary/aromatic N) is 1. The Hall–Kier alpha value is -1.58. The predicted molar refractivity (Wildman–Crippen MR) is 61.7 cm³/mol. The Kier molecular flexibility index (Phi) is 4.28. The first kappa shape index (κ1) is 12.5. The highest BCUT2D eigenvalue weighted by Gasteiger charge is 2.13. The number of carbonyl (C=O) groups is 1. The topological polar surface area (TPSA) is 48.3 Å². The summed E-state index contributed by atoms with van der Waals surface area (Å²) in [7, 11) is 0. The lowest BCUT2D eigenvalue weighted by Crippen LogP contribution is -2.24. The van der Waals surface area contributed by atoms with Gasteiger partial charge in [0.15, 0.2) is 0 Å². The summed E-state index contributed by atoms with van der Waals surface area (Å²) >= 11 is 0. The van der Waals surface area contributed by atoms with E-state index in [9.17, 15) is 9.59 Å². The zero-order valence-corrected chi connectivity index (χ0v) is 9.95. The molecule has 0 amide bonds. The lowest BCUT2D eigenvalue weighted by atomic mass is 10.2. The molecule has 4 nitrogen and oxygen atoms in total. The van der Waals surface area contributed by atoms with Crippen LogP contribution in [0.1, 0.15) is 36.3 Å². The van der Waals surface area contributed by atoms with Crippen LogP contribution in [-0.2, 0) is 11.3 Å². The van der Waals surface area contributed by atoms with E-state index in [1.807, 2.05) is 6.92 Å². The van der Waals surface area contributed by atoms with Crippen LogP contribution in [0, 0.1) is 6.92 Å². The van der Waals surface area contributed by atoms with Crippen LogP contribution in [0.15, 0.2) is 16.9 Å². The monoisotopic (exact) mass is 223 g/mol. The molecule has 0 aliphatic heterocycles. The standard InChI is InChI=1S/C12H17NO3/c1-4-8-13-9(3)10(6-7-11(13)14)12(15)16-5-2/h6-7H,4-5,8H2,1-3H3. The molecule has 0 fully saturated rings. The molecule has 0 radical (unpaired) electrons.